The Bertz CT molecular complexity index is 750. The van der Waals surface area contributed by atoms with Crippen molar-refractivity contribution in [2.75, 3.05) is 7.11 Å². The summed E-state index contributed by atoms with van der Waals surface area (Å²) in [6.07, 6.45) is 0. The van der Waals surface area contributed by atoms with Gasteiger partial charge in [0, 0.05) is 12.1 Å². The van der Waals surface area contributed by atoms with E-state index >= 15 is 0 Å². The van der Waals surface area contributed by atoms with Gasteiger partial charge >= 0.3 is 0 Å². The van der Waals surface area contributed by atoms with Crippen LogP contribution >= 0.6 is 23.8 Å². The van der Waals surface area contributed by atoms with Crippen LogP contribution in [0.25, 0.3) is 0 Å². The molecule has 0 atom stereocenters. The molecule has 0 radical (unpaired) electrons. The van der Waals surface area contributed by atoms with Gasteiger partial charge in [-0.15, -0.1) is 0 Å². The number of methoxy groups -OCH3 is 1. The molecular weight excluding hydrogens is 349 g/mol. The molecule has 0 aliphatic heterocycles. The molecule has 0 fully saturated rings. The second-order valence-corrected chi connectivity index (χ2v) is 5.78. The minimum Gasteiger partial charge on any atom is -0.497 e. The molecule has 126 valence electrons. The average Bonchev–Trinajstić information content (AvgIpc) is 2.58. The third-order valence-electron chi connectivity index (χ3n) is 3.26. The Hall–Kier alpha value is -2.18. The largest absolute Gasteiger partial charge is 0.497 e. The molecule has 0 aliphatic carbocycles. The summed E-state index contributed by atoms with van der Waals surface area (Å²) in [6.45, 7) is 2.32. The summed E-state index contributed by atoms with van der Waals surface area (Å²) in [7, 11) is 1.63. The van der Waals surface area contributed by atoms with Crippen molar-refractivity contribution >= 4 is 34.6 Å². The molecule has 0 amide bonds. The van der Waals surface area contributed by atoms with Crippen molar-refractivity contribution in [1.29, 1.82) is 0 Å². The van der Waals surface area contributed by atoms with E-state index < -0.39 is 0 Å². The van der Waals surface area contributed by atoms with E-state index in [9.17, 15) is 4.39 Å². The molecule has 7 heteroatoms. The molecule has 4 nitrogen and oxygen atoms in total. The lowest BCUT2D eigenvalue weighted by Gasteiger charge is -2.09. The molecule has 0 saturated carbocycles. The monoisotopic (exact) mass is 365 g/mol. The van der Waals surface area contributed by atoms with Gasteiger partial charge in [-0.3, -0.25) is 5.43 Å². The quantitative estimate of drug-likeness (QED) is 0.479. The van der Waals surface area contributed by atoms with Crippen LogP contribution in [0.5, 0.6) is 5.75 Å². The molecule has 0 unspecified atom stereocenters. The number of thiocarbonyl (C=S) groups is 1. The standard InChI is InChI=1S/C17H17ClFN3OS/c1-11(15-8-5-13(19)9-16(15)18)21-22-17(24)20-10-12-3-6-14(23-2)7-4-12/h3-9H,10H2,1-2H3,(H2,20,22,24)/b21-11-. The van der Waals surface area contributed by atoms with Gasteiger partial charge in [0.1, 0.15) is 11.6 Å². The first-order valence-electron chi connectivity index (χ1n) is 7.16. The van der Waals surface area contributed by atoms with Gasteiger partial charge in [-0.1, -0.05) is 23.7 Å². The van der Waals surface area contributed by atoms with Gasteiger partial charge in [0.25, 0.3) is 0 Å². The molecule has 2 aromatic rings. The smallest absolute Gasteiger partial charge is 0.187 e. The van der Waals surface area contributed by atoms with Gasteiger partial charge in [0.05, 0.1) is 17.8 Å². The van der Waals surface area contributed by atoms with Crippen molar-refractivity contribution in [2.24, 2.45) is 5.10 Å². The van der Waals surface area contributed by atoms with Crippen molar-refractivity contribution in [3.8, 4) is 5.75 Å². The minimum absolute atomic E-state index is 0.301. The van der Waals surface area contributed by atoms with Gasteiger partial charge in [0.15, 0.2) is 5.11 Å². The normalized spacial score (nSPS) is 11.1. The fourth-order valence-electron chi connectivity index (χ4n) is 1.94. The number of nitrogens with zero attached hydrogens (tertiary/aromatic N) is 1. The summed E-state index contributed by atoms with van der Waals surface area (Å²) in [6, 6.07) is 11.8. The summed E-state index contributed by atoms with van der Waals surface area (Å²) in [4.78, 5) is 0. The third-order valence-corrected chi connectivity index (χ3v) is 3.81. The Morgan fingerprint density at radius 3 is 2.58 bits per heavy atom. The maximum Gasteiger partial charge on any atom is 0.187 e. The topological polar surface area (TPSA) is 45.6 Å². The second kappa shape index (κ2) is 8.61. The molecule has 24 heavy (non-hydrogen) atoms. The first-order chi connectivity index (χ1) is 11.5. The fourth-order valence-corrected chi connectivity index (χ4v) is 2.36. The number of rotatable bonds is 5. The summed E-state index contributed by atoms with van der Waals surface area (Å²) in [5, 5.41) is 7.89. The Morgan fingerprint density at radius 1 is 1.25 bits per heavy atom. The zero-order valence-corrected chi connectivity index (χ0v) is 14.8. The number of ether oxygens (including phenoxy) is 1. The van der Waals surface area contributed by atoms with E-state index in [0.29, 0.717) is 28.0 Å². The summed E-state index contributed by atoms with van der Waals surface area (Å²) in [5.74, 6) is 0.414. The number of halogens is 2. The number of hydrazone groups is 1. The molecule has 0 aliphatic rings. The van der Waals surface area contributed by atoms with Crippen LogP contribution in [0.2, 0.25) is 5.02 Å². The molecule has 0 spiro atoms. The molecule has 2 N–H and O–H groups in total. The van der Waals surface area contributed by atoms with Crippen molar-refractivity contribution in [3.05, 3.63) is 64.4 Å². The van der Waals surface area contributed by atoms with Gasteiger partial charge in [-0.05, 0) is 55.0 Å². The maximum absolute atomic E-state index is 13.1. The van der Waals surface area contributed by atoms with E-state index in [0.717, 1.165) is 11.3 Å². The third kappa shape index (κ3) is 5.18. The number of nitrogens with one attached hydrogen (secondary N) is 2. The van der Waals surface area contributed by atoms with Gasteiger partial charge in [-0.2, -0.15) is 5.10 Å². The van der Waals surface area contributed by atoms with Crippen LogP contribution in [0.4, 0.5) is 4.39 Å². The van der Waals surface area contributed by atoms with Crippen LogP contribution in [-0.4, -0.2) is 17.9 Å². The zero-order chi connectivity index (χ0) is 17.5. The van der Waals surface area contributed by atoms with Crippen LogP contribution in [0, 0.1) is 5.82 Å². The van der Waals surface area contributed by atoms with Crippen LogP contribution < -0.4 is 15.5 Å². The van der Waals surface area contributed by atoms with Crippen molar-refractivity contribution in [1.82, 2.24) is 10.7 Å². The lowest BCUT2D eigenvalue weighted by molar-refractivity contribution is 0.414. The molecule has 2 aromatic carbocycles. The van der Waals surface area contributed by atoms with E-state index in [4.69, 9.17) is 28.6 Å². The zero-order valence-electron chi connectivity index (χ0n) is 13.3. The number of hydrogen-bond donors (Lipinski definition) is 2. The van der Waals surface area contributed by atoms with Gasteiger partial charge in [0.2, 0.25) is 0 Å². The molecule has 0 heterocycles. The van der Waals surface area contributed by atoms with Crippen LogP contribution in [0.3, 0.4) is 0 Å². The van der Waals surface area contributed by atoms with Crippen LogP contribution in [0.1, 0.15) is 18.1 Å². The van der Waals surface area contributed by atoms with Crippen molar-refractivity contribution in [2.45, 2.75) is 13.5 Å². The number of benzene rings is 2. The Morgan fingerprint density at radius 2 is 1.96 bits per heavy atom. The molecule has 2 rings (SSSR count). The fraction of sp³-hybridized carbons (Fsp3) is 0.176. The van der Waals surface area contributed by atoms with Gasteiger partial charge in [-0.25, -0.2) is 4.39 Å². The predicted octanol–water partition coefficient (Wildman–Crippen LogP) is 3.88. The van der Waals surface area contributed by atoms with E-state index in [2.05, 4.69) is 15.8 Å². The highest BCUT2D eigenvalue weighted by Crippen LogP contribution is 2.17. The minimum atomic E-state index is -0.388. The lowest BCUT2D eigenvalue weighted by Crippen LogP contribution is -2.32. The SMILES string of the molecule is COc1ccc(CNC(=S)N/N=C(/C)c2ccc(F)cc2Cl)cc1. The molecule has 0 bridgehead atoms. The predicted molar refractivity (Wildman–Crippen MR) is 99.2 cm³/mol. The second-order valence-electron chi connectivity index (χ2n) is 4.96. The summed E-state index contributed by atoms with van der Waals surface area (Å²) in [5.41, 5.74) is 5.05. The molecule has 0 aromatic heterocycles. The van der Waals surface area contributed by atoms with Crippen molar-refractivity contribution in [3.63, 3.8) is 0 Å². The van der Waals surface area contributed by atoms with E-state index in [-0.39, 0.29) is 5.82 Å². The first kappa shape index (κ1) is 18.2. The molecular formula is C17H17ClFN3OS. The highest BCUT2D eigenvalue weighted by molar-refractivity contribution is 7.80. The first-order valence-corrected chi connectivity index (χ1v) is 7.94. The molecule has 0 saturated heterocycles. The maximum atomic E-state index is 13.1. The van der Waals surface area contributed by atoms with E-state index in [1.807, 2.05) is 24.3 Å². The summed E-state index contributed by atoms with van der Waals surface area (Å²) < 4.78 is 18.2. The summed E-state index contributed by atoms with van der Waals surface area (Å²) >= 11 is 11.2. The van der Waals surface area contributed by atoms with Crippen LogP contribution in [0.15, 0.2) is 47.6 Å². The van der Waals surface area contributed by atoms with Crippen LogP contribution in [-0.2, 0) is 6.54 Å². The van der Waals surface area contributed by atoms with E-state index in [1.54, 1.807) is 20.1 Å². The van der Waals surface area contributed by atoms with Gasteiger partial charge < -0.3 is 10.1 Å². The Labute approximate surface area is 150 Å². The highest BCUT2D eigenvalue weighted by atomic mass is 35.5. The lowest BCUT2D eigenvalue weighted by atomic mass is 10.1. The number of hydrogen-bond acceptors (Lipinski definition) is 3. The van der Waals surface area contributed by atoms with Crippen molar-refractivity contribution < 1.29 is 9.13 Å². The average molecular weight is 366 g/mol. The van der Waals surface area contributed by atoms with E-state index in [1.165, 1.54) is 12.1 Å². The Kier molecular flexibility index (Phi) is 6.52. The highest BCUT2D eigenvalue weighted by Gasteiger charge is 2.05. The Balaban J connectivity index is 1.89.